The molecular weight excluding hydrogens is 519 g/mol. The number of aromatic amines is 1. The Labute approximate surface area is 219 Å². The van der Waals surface area contributed by atoms with E-state index in [0.29, 0.717) is 11.8 Å². The van der Waals surface area contributed by atoms with E-state index in [0.717, 1.165) is 17.3 Å². The third-order valence-electron chi connectivity index (χ3n) is 6.71. The molecule has 1 heterocycles. The van der Waals surface area contributed by atoms with E-state index in [2.05, 4.69) is 27.5 Å². The normalized spacial score (nSPS) is 19.1. The van der Waals surface area contributed by atoms with Crippen LogP contribution in [0.1, 0.15) is 27.4 Å². The Bertz CT molecular complexity index is 1680. The van der Waals surface area contributed by atoms with Crippen LogP contribution in [0.4, 0.5) is 0 Å². The minimum Gasteiger partial charge on any atom is -0.507 e. The molecule has 3 aromatic carbocycles. The topological polar surface area (TPSA) is 126 Å². The molecule has 3 N–H and O–H groups in total. The van der Waals surface area contributed by atoms with E-state index in [1.54, 1.807) is 0 Å². The molecule has 3 atom stereocenters. The van der Waals surface area contributed by atoms with Crippen molar-refractivity contribution in [2.45, 2.75) is 18.4 Å². The van der Waals surface area contributed by atoms with Crippen molar-refractivity contribution in [1.82, 2.24) is 20.1 Å². The Kier molecular flexibility index (Phi) is 5.54. The Morgan fingerprint density at radius 1 is 1.11 bits per heavy atom. The maximum atomic E-state index is 13.0. The highest BCUT2D eigenvalue weighted by atomic mass is 35.5. The lowest BCUT2D eigenvalue weighted by Gasteiger charge is -2.14. The number of aromatic hydroxyl groups is 1. The second-order valence-corrected chi connectivity index (χ2v) is 9.78. The monoisotopic (exact) mass is 536 g/mol. The number of phenols is 1. The highest BCUT2D eigenvalue weighted by molar-refractivity contribution is 6.37. The first-order valence-corrected chi connectivity index (χ1v) is 12.1. The fourth-order valence-electron chi connectivity index (χ4n) is 4.96. The zero-order chi connectivity index (χ0) is 25.8. The first kappa shape index (κ1) is 23.3. The number of carbonyl (C=O) groups excluding carboxylic acids is 1. The number of nitrogens with zero attached hydrogens (tertiary/aromatic N) is 2. The van der Waals surface area contributed by atoms with Crippen LogP contribution in [0.5, 0.6) is 17.2 Å². The third-order valence-corrected chi connectivity index (χ3v) is 7.27. The molecule has 37 heavy (non-hydrogen) atoms. The van der Waals surface area contributed by atoms with Crippen LogP contribution in [0.2, 0.25) is 10.0 Å². The van der Waals surface area contributed by atoms with Gasteiger partial charge < -0.3 is 15.2 Å². The zero-order valence-corrected chi connectivity index (χ0v) is 20.5. The van der Waals surface area contributed by atoms with Crippen LogP contribution >= 0.6 is 23.2 Å². The van der Waals surface area contributed by atoms with E-state index in [9.17, 15) is 19.5 Å². The molecule has 0 bridgehead atoms. The zero-order valence-electron chi connectivity index (χ0n) is 18.9. The van der Waals surface area contributed by atoms with Crippen LogP contribution in [0.25, 0.3) is 5.69 Å². The quantitative estimate of drug-likeness (QED) is 0.356. The van der Waals surface area contributed by atoms with Gasteiger partial charge in [0.2, 0.25) is 0 Å². The minimum atomic E-state index is -0.759. The van der Waals surface area contributed by atoms with Gasteiger partial charge in [0.15, 0.2) is 5.75 Å². The second kappa shape index (κ2) is 8.79. The molecule has 1 amide bonds. The van der Waals surface area contributed by atoms with Crippen molar-refractivity contribution in [3.05, 3.63) is 108 Å². The molecule has 0 radical (unpaired) electrons. The molecule has 2 aliphatic rings. The van der Waals surface area contributed by atoms with E-state index in [1.807, 2.05) is 12.1 Å². The lowest BCUT2D eigenvalue weighted by atomic mass is 10.0. The van der Waals surface area contributed by atoms with E-state index in [-0.39, 0.29) is 44.6 Å². The number of ether oxygens (including phenoxy) is 1. The molecule has 0 saturated heterocycles. The number of rotatable bonds is 5. The van der Waals surface area contributed by atoms with Crippen LogP contribution in [0, 0.1) is 5.92 Å². The fraction of sp³-hybridized carbons (Fsp3) is 0.154. The summed E-state index contributed by atoms with van der Waals surface area (Å²) in [6, 6.07) is 15.3. The summed E-state index contributed by atoms with van der Waals surface area (Å²) in [5, 5.41) is 17.3. The van der Waals surface area contributed by atoms with Crippen LogP contribution in [0.15, 0.2) is 70.4 Å². The number of amides is 1. The number of H-pyrrole nitrogens is 1. The fourth-order valence-corrected chi connectivity index (χ4v) is 5.51. The largest absolute Gasteiger partial charge is 0.507 e. The van der Waals surface area contributed by atoms with Gasteiger partial charge in [-0.05, 0) is 53.8 Å². The average molecular weight is 537 g/mol. The predicted octanol–water partition coefficient (Wildman–Crippen LogP) is 3.79. The number of carbonyl (C=O) groups is 1. The first-order valence-electron chi connectivity index (χ1n) is 11.4. The maximum Gasteiger partial charge on any atom is 0.349 e. The Morgan fingerprint density at radius 3 is 2.62 bits per heavy atom. The van der Waals surface area contributed by atoms with Crippen molar-refractivity contribution in [1.29, 1.82) is 0 Å². The van der Waals surface area contributed by atoms with Gasteiger partial charge in [0, 0.05) is 12.0 Å². The van der Waals surface area contributed by atoms with Gasteiger partial charge in [0.05, 0.1) is 21.3 Å². The summed E-state index contributed by atoms with van der Waals surface area (Å²) >= 11 is 12.7. The molecule has 0 aliphatic heterocycles. The molecule has 3 unspecified atom stereocenters. The first-order chi connectivity index (χ1) is 17.8. The van der Waals surface area contributed by atoms with E-state index >= 15 is 0 Å². The number of fused-ring (bicyclic) bond motifs is 3. The van der Waals surface area contributed by atoms with Crippen LogP contribution in [-0.2, 0) is 6.42 Å². The SMILES string of the molecule is O=C(NC1C2Cc3ccccc3C21)c1cc(Oc2c(Cl)cc(-n3ncc(=O)[nH]c3=O)cc2Cl)ccc1O. The van der Waals surface area contributed by atoms with Gasteiger partial charge in [-0.25, -0.2) is 4.79 Å². The van der Waals surface area contributed by atoms with Crippen molar-refractivity contribution < 1.29 is 14.6 Å². The highest BCUT2D eigenvalue weighted by Crippen LogP contribution is 2.56. The maximum absolute atomic E-state index is 13.0. The molecule has 11 heteroatoms. The smallest absolute Gasteiger partial charge is 0.349 e. The second-order valence-electron chi connectivity index (χ2n) is 8.96. The number of aromatic nitrogens is 3. The van der Waals surface area contributed by atoms with E-state index in [4.69, 9.17) is 27.9 Å². The molecule has 186 valence electrons. The summed E-state index contributed by atoms with van der Waals surface area (Å²) in [5.74, 6) is 0.365. The van der Waals surface area contributed by atoms with Gasteiger partial charge in [0.1, 0.15) is 17.7 Å². The van der Waals surface area contributed by atoms with Gasteiger partial charge in [-0.3, -0.25) is 14.6 Å². The van der Waals surface area contributed by atoms with Crippen molar-refractivity contribution in [3.63, 3.8) is 0 Å². The van der Waals surface area contributed by atoms with Crippen LogP contribution < -0.4 is 21.3 Å². The molecule has 6 rings (SSSR count). The van der Waals surface area contributed by atoms with Crippen molar-refractivity contribution in [2.75, 3.05) is 0 Å². The van der Waals surface area contributed by atoms with Crippen molar-refractivity contribution >= 4 is 29.1 Å². The Hall–Kier alpha value is -4.08. The molecule has 4 aromatic rings. The minimum absolute atomic E-state index is 0.0211. The Balaban J connectivity index is 1.22. The van der Waals surface area contributed by atoms with E-state index < -0.39 is 17.2 Å². The summed E-state index contributed by atoms with van der Waals surface area (Å²) in [6.07, 6.45) is 1.87. The van der Waals surface area contributed by atoms with Gasteiger partial charge in [-0.15, -0.1) is 0 Å². The molecule has 1 fully saturated rings. The van der Waals surface area contributed by atoms with Crippen LogP contribution in [0.3, 0.4) is 0 Å². The van der Waals surface area contributed by atoms with Gasteiger partial charge in [0.25, 0.3) is 11.5 Å². The highest BCUT2D eigenvalue weighted by Gasteiger charge is 2.56. The van der Waals surface area contributed by atoms with Crippen molar-refractivity contribution in [2.24, 2.45) is 5.92 Å². The molecule has 9 nitrogen and oxygen atoms in total. The summed E-state index contributed by atoms with van der Waals surface area (Å²) in [4.78, 5) is 38.4. The summed E-state index contributed by atoms with van der Waals surface area (Å²) < 4.78 is 6.78. The summed E-state index contributed by atoms with van der Waals surface area (Å²) in [7, 11) is 0. The average Bonchev–Trinajstić information content (AvgIpc) is 3.37. The Morgan fingerprint density at radius 2 is 1.86 bits per heavy atom. The van der Waals surface area contributed by atoms with Crippen LogP contribution in [-0.4, -0.2) is 31.8 Å². The van der Waals surface area contributed by atoms with Gasteiger partial charge >= 0.3 is 5.69 Å². The number of nitrogens with one attached hydrogen (secondary N) is 2. The van der Waals surface area contributed by atoms with Crippen molar-refractivity contribution in [3.8, 4) is 22.9 Å². The number of hydrogen-bond acceptors (Lipinski definition) is 6. The molecule has 0 spiro atoms. The lowest BCUT2D eigenvalue weighted by molar-refractivity contribution is 0.0945. The van der Waals surface area contributed by atoms with E-state index in [1.165, 1.54) is 41.5 Å². The predicted molar refractivity (Wildman–Crippen MR) is 136 cm³/mol. The standard InChI is InChI=1S/C26H18Cl2N4O5/c27-18-8-13(32-26(36)30-21(34)11-29-32)9-19(28)24(18)37-14-5-6-20(33)16(10-14)25(35)31-23-17-7-12-3-1-2-4-15(12)22(17)23/h1-6,8-11,17,22-23,33H,7H2,(H,31,35)(H,30,34,36). The van der Waals surface area contributed by atoms with Gasteiger partial charge in [-0.1, -0.05) is 47.5 Å². The number of hydrogen-bond donors (Lipinski definition) is 3. The molecule has 2 aliphatic carbocycles. The summed E-state index contributed by atoms with van der Waals surface area (Å²) in [5.41, 5.74) is 1.47. The molecule has 1 saturated carbocycles. The number of halogens is 2. The van der Waals surface area contributed by atoms with Gasteiger partial charge in [-0.2, -0.15) is 9.78 Å². The number of benzene rings is 3. The number of phenolic OH excluding ortho intramolecular Hbond substituents is 1. The lowest BCUT2D eigenvalue weighted by Crippen LogP contribution is -2.30. The molecular formula is C26H18Cl2N4O5. The third kappa shape index (κ3) is 4.16. The molecule has 1 aromatic heterocycles. The summed E-state index contributed by atoms with van der Waals surface area (Å²) in [6.45, 7) is 0.